The van der Waals surface area contributed by atoms with Crippen LogP contribution in [0.3, 0.4) is 0 Å². The Kier molecular flexibility index (Phi) is 6.32. The van der Waals surface area contributed by atoms with Crippen molar-refractivity contribution in [3.05, 3.63) is 88.6 Å². The molecular formula is C26H20FN9O2. The van der Waals surface area contributed by atoms with Crippen LogP contribution >= 0.6 is 0 Å². The van der Waals surface area contributed by atoms with Gasteiger partial charge < -0.3 is 15.8 Å². The summed E-state index contributed by atoms with van der Waals surface area (Å²) in [4.78, 5) is 35.2. The Balaban J connectivity index is 1.75. The molecule has 0 fully saturated rings. The quantitative estimate of drug-likeness (QED) is 0.347. The lowest BCUT2D eigenvalue weighted by Gasteiger charge is -2.21. The first-order valence-corrected chi connectivity index (χ1v) is 11.4. The Morgan fingerprint density at radius 3 is 2.58 bits per heavy atom. The van der Waals surface area contributed by atoms with Crippen LogP contribution in [-0.4, -0.2) is 36.6 Å². The number of nitrogens with one attached hydrogen (secondary N) is 1. The fraction of sp³-hybridized carbons (Fsp3) is 0.115. The van der Waals surface area contributed by atoms with Crippen LogP contribution in [0.1, 0.15) is 24.4 Å². The molecule has 11 nitrogen and oxygen atoms in total. The summed E-state index contributed by atoms with van der Waals surface area (Å²) in [6, 6.07) is 12.4. The zero-order valence-electron chi connectivity index (χ0n) is 20.3. The number of nitrogens with zero attached hydrogens (tertiary/aromatic N) is 7. The van der Waals surface area contributed by atoms with Crippen LogP contribution in [0.5, 0.6) is 6.01 Å². The third kappa shape index (κ3) is 4.44. The van der Waals surface area contributed by atoms with Crippen LogP contribution in [0.25, 0.3) is 27.7 Å². The molecule has 0 amide bonds. The Hall–Kier alpha value is -5.44. The van der Waals surface area contributed by atoms with E-state index >= 15 is 0 Å². The molecule has 12 heteroatoms. The van der Waals surface area contributed by atoms with Gasteiger partial charge in [-0.1, -0.05) is 18.2 Å². The molecule has 0 unspecified atom stereocenters. The third-order valence-corrected chi connectivity index (χ3v) is 5.78. The lowest BCUT2D eigenvalue weighted by molar-refractivity contribution is 0.380. The highest BCUT2D eigenvalue weighted by Crippen LogP contribution is 2.28. The molecule has 3 heterocycles. The molecular weight excluding hydrogens is 489 g/mol. The topological polar surface area (TPSA) is 158 Å². The lowest BCUT2D eigenvalue weighted by Crippen LogP contribution is -2.28. The highest BCUT2D eigenvalue weighted by molar-refractivity contribution is 5.94. The number of aromatic nitrogens is 6. The Labute approximate surface area is 215 Å². The summed E-state index contributed by atoms with van der Waals surface area (Å²) >= 11 is 0. The van der Waals surface area contributed by atoms with Crippen molar-refractivity contribution in [1.29, 1.82) is 5.26 Å². The molecule has 38 heavy (non-hydrogen) atoms. The van der Waals surface area contributed by atoms with Gasteiger partial charge in [0.1, 0.15) is 29.1 Å². The average Bonchev–Trinajstić information content (AvgIpc) is 2.92. The minimum absolute atomic E-state index is 0.0287. The number of benzene rings is 2. The minimum Gasteiger partial charge on any atom is -0.467 e. The van der Waals surface area contributed by atoms with Crippen molar-refractivity contribution in [2.75, 3.05) is 18.2 Å². The third-order valence-electron chi connectivity index (χ3n) is 5.78. The molecule has 0 saturated carbocycles. The molecule has 3 aromatic heterocycles. The van der Waals surface area contributed by atoms with Gasteiger partial charge in [-0.15, -0.1) is 0 Å². The van der Waals surface area contributed by atoms with Gasteiger partial charge in [-0.2, -0.15) is 10.2 Å². The van der Waals surface area contributed by atoms with E-state index in [0.29, 0.717) is 22.0 Å². The van der Waals surface area contributed by atoms with Crippen LogP contribution in [0.4, 0.5) is 16.2 Å². The summed E-state index contributed by atoms with van der Waals surface area (Å²) in [6.07, 6.45) is 4.40. The Morgan fingerprint density at radius 2 is 1.87 bits per heavy atom. The number of nitrogens with two attached hydrogens (primary N) is 1. The van der Waals surface area contributed by atoms with Crippen LogP contribution in [0, 0.1) is 17.1 Å². The van der Waals surface area contributed by atoms with Gasteiger partial charge in [-0.05, 0) is 36.8 Å². The van der Waals surface area contributed by atoms with Gasteiger partial charge in [0.25, 0.3) is 5.56 Å². The smallest absolute Gasteiger partial charge is 0.316 e. The fourth-order valence-corrected chi connectivity index (χ4v) is 4.06. The average molecular weight is 510 g/mol. The number of rotatable bonds is 6. The highest BCUT2D eigenvalue weighted by atomic mass is 19.1. The summed E-state index contributed by atoms with van der Waals surface area (Å²) in [6.45, 7) is 1.74. The first-order valence-electron chi connectivity index (χ1n) is 11.4. The second kappa shape index (κ2) is 9.90. The van der Waals surface area contributed by atoms with Crippen LogP contribution < -0.4 is 21.3 Å². The SMILES string of the molecule is COc1ncc(-c2cccc3nc([C@@H](C)Nc4nc(N)ncc4C#N)n(-c4cccc(F)c4)c(=O)c23)cn1. The van der Waals surface area contributed by atoms with E-state index in [9.17, 15) is 14.4 Å². The molecule has 0 aliphatic carbocycles. The van der Waals surface area contributed by atoms with E-state index in [2.05, 4.69) is 25.3 Å². The van der Waals surface area contributed by atoms with Gasteiger partial charge in [0.05, 0.1) is 35.9 Å². The number of anilines is 2. The number of fused-ring (bicyclic) bond motifs is 1. The zero-order chi connectivity index (χ0) is 26.8. The molecule has 5 aromatic rings. The summed E-state index contributed by atoms with van der Waals surface area (Å²) in [5, 5.41) is 12.9. The fourth-order valence-electron chi connectivity index (χ4n) is 4.06. The van der Waals surface area contributed by atoms with Crippen LogP contribution in [0.2, 0.25) is 0 Å². The largest absolute Gasteiger partial charge is 0.467 e. The second-order valence-electron chi connectivity index (χ2n) is 8.22. The molecule has 3 N–H and O–H groups in total. The number of hydrogen-bond donors (Lipinski definition) is 2. The molecule has 0 bridgehead atoms. The maximum atomic E-state index is 14.3. The first kappa shape index (κ1) is 24.3. The van der Waals surface area contributed by atoms with Gasteiger partial charge in [-0.25, -0.2) is 24.3 Å². The van der Waals surface area contributed by atoms with Crippen molar-refractivity contribution in [3.8, 4) is 28.9 Å². The number of methoxy groups -OCH3 is 1. The molecule has 0 saturated heterocycles. The van der Waals surface area contributed by atoms with E-state index in [4.69, 9.17) is 15.5 Å². The van der Waals surface area contributed by atoms with E-state index in [1.165, 1.54) is 36.1 Å². The van der Waals surface area contributed by atoms with Gasteiger partial charge in [0.2, 0.25) is 5.95 Å². The van der Waals surface area contributed by atoms with E-state index in [-0.39, 0.29) is 34.9 Å². The van der Waals surface area contributed by atoms with Crippen molar-refractivity contribution in [2.24, 2.45) is 0 Å². The summed E-state index contributed by atoms with van der Waals surface area (Å²) in [5.74, 6) is -0.110. The molecule has 0 aliphatic heterocycles. The summed E-state index contributed by atoms with van der Waals surface area (Å²) in [7, 11) is 1.46. The van der Waals surface area contributed by atoms with Gasteiger partial charge in [0.15, 0.2) is 0 Å². The van der Waals surface area contributed by atoms with Gasteiger partial charge in [0, 0.05) is 18.0 Å². The molecule has 188 valence electrons. The normalized spacial score (nSPS) is 11.6. The number of ether oxygens (including phenoxy) is 1. The summed E-state index contributed by atoms with van der Waals surface area (Å²) < 4.78 is 20.7. The van der Waals surface area contributed by atoms with Gasteiger partial charge >= 0.3 is 6.01 Å². The maximum Gasteiger partial charge on any atom is 0.316 e. The Bertz CT molecular complexity index is 1760. The zero-order valence-corrected chi connectivity index (χ0v) is 20.3. The van der Waals surface area contributed by atoms with Crippen molar-refractivity contribution in [3.63, 3.8) is 0 Å². The molecule has 0 radical (unpaired) electrons. The lowest BCUT2D eigenvalue weighted by atomic mass is 10.0. The van der Waals surface area contributed by atoms with Crippen molar-refractivity contribution < 1.29 is 9.13 Å². The van der Waals surface area contributed by atoms with E-state index < -0.39 is 17.4 Å². The predicted molar refractivity (Wildman–Crippen MR) is 138 cm³/mol. The molecule has 0 aliphatic rings. The first-order chi connectivity index (χ1) is 18.4. The molecule has 2 aromatic carbocycles. The minimum atomic E-state index is -0.662. The molecule has 0 spiro atoms. The number of nitriles is 1. The monoisotopic (exact) mass is 509 g/mol. The number of hydrogen-bond acceptors (Lipinski definition) is 10. The summed E-state index contributed by atoms with van der Waals surface area (Å²) in [5.41, 5.74) is 7.26. The van der Waals surface area contributed by atoms with Crippen LogP contribution in [-0.2, 0) is 0 Å². The Morgan fingerprint density at radius 1 is 1.11 bits per heavy atom. The van der Waals surface area contributed by atoms with E-state index in [1.54, 1.807) is 43.6 Å². The van der Waals surface area contributed by atoms with Crippen molar-refractivity contribution in [1.82, 2.24) is 29.5 Å². The van der Waals surface area contributed by atoms with Gasteiger partial charge in [-0.3, -0.25) is 9.36 Å². The standard InChI is InChI=1S/C26H20FN9O2/c1-14(33-22-15(10-28)11-30-25(29)35-22)23-34-20-8-4-7-19(16-12-31-26(38-2)32-13-16)21(20)24(37)36(23)18-6-3-5-17(27)9-18/h3-9,11-14H,1-2H3,(H3,29,30,33,35)/t14-/m1/s1. The van der Waals surface area contributed by atoms with E-state index in [1.807, 2.05) is 6.07 Å². The number of nitrogen functional groups attached to an aromatic ring is 1. The highest BCUT2D eigenvalue weighted by Gasteiger charge is 2.22. The predicted octanol–water partition coefficient (Wildman–Crippen LogP) is 3.41. The van der Waals surface area contributed by atoms with E-state index in [0.717, 1.165) is 0 Å². The van der Waals surface area contributed by atoms with Crippen molar-refractivity contribution >= 4 is 22.7 Å². The van der Waals surface area contributed by atoms with Crippen LogP contribution in [0.15, 0.2) is 65.8 Å². The molecule has 5 rings (SSSR count). The number of halogens is 1. The maximum absolute atomic E-state index is 14.3. The second-order valence-corrected chi connectivity index (χ2v) is 8.22. The molecule has 1 atom stereocenters. The van der Waals surface area contributed by atoms with Crippen molar-refractivity contribution in [2.45, 2.75) is 13.0 Å².